The summed E-state index contributed by atoms with van der Waals surface area (Å²) in [5.41, 5.74) is 10.4. The van der Waals surface area contributed by atoms with Crippen molar-refractivity contribution in [2.75, 3.05) is 13.6 Å². The second kappa shape index (κ2) is 7.08. The quantitative estimate of drug-likeness (QED) is 0.615. The molecule has 7 nitrogen and oxygen atoms in total. The van der Waals surface area contributed by atoms with Gasteiger partial charge in [-0.2, -0.15) is 0 Å². The van der Waals surface area contributed by atoms with E-state index in [9.17, 15) is 9.59 Å². The molecule has 0 aromatic heterocycles. The molecule has 3 unspecified atom stereocenters. The molecule has 1 aliphatic heterocycles. The summed E-state index contributed by atoms with van der Waals surface area (Å²) < 4.78 is 0. The number of carboxylic acids is 1. The Balaban J connectivity index is 2.11. The lowest BCUT2D eigenvalue weighted by Crippen LogP contribution is -2.42. The fraction of sp³-hybridized carbons (Fsp3) is 0.500. The zero-order valence-electron chi connectivity index (χ0n) is 13.6. The molecule has 1 aromatic carbocycles. The van der Waals surface area contributed by atoms with Crippen LogP contribution in [-0.2, 0) is 4.79 Å². The van der Waals surface area contributed by atoms with Gasteiger partial charge in [0.25, 0.3) is 5.91 Å². The zero-order chi connectivity index (χ0) is 17.1. The van der Waals surface area contributed by atoms with Crippen LogP contribution in [-0.4, -0.2) is 53.7 Å². The van der Waals surface area contributed by atoms with Crippen molar-refractivity contribution in [1.82, 2.24) is 15.8 Å². The Kier molecular flexibility index (Phi) is 5.35. The minimum Gasteiger partial charge on any atom is -0.480 e. The molecule has 1 fully saturated rings. The third-order valence-electron chi connectivity index (χ3n) is 4.41. The average Bonchev–Trinajstić information content (AvgIpc) is 2.77. The molecule has 0 spiro atoms. The van der Waals surface area contributed by atoms with Gasteiger partial charge in [-0.05, 0) is 31.5 Å². The van der Waals surface area contributed by atoms with E-state index in [1.165, 1.54) is 0 Å². The van der Waals surface area contributed by atoms with Crippen LogP contribution in [0.3, 0.4) is 0 Å². The lowest BCUT2D eigenvalue weighted by molar-refractivity contribution is -0.138. The van der Waals surface area contributed by atoms with Gasteiger partial charge in [-0.25, -0.2) is 5.01 Å². The number of hydrazine groups is 1. The Morgan fingerprint density at radius 3 is 2.70 bits per heavy atom. The molecule has 1 heterocycles. The normalized spacial score (nSPS) is 26.0. The molecule has 1 aliphatic rings. The summed E-state index contributed by atoms with van der Waals surface area (Å²) in [5.74, 6) is -1.18. The number of carbonyl (C=O) groups is 2. The number of likely N-dealkylation sites (N-methyl/N-ethyl adjacent to an activating group) is 1. The van der Waals surface area contributed by atoms with Gasteiger partial charge in [0.1, 0.15) is 6.04 Å². The Bertz CT molecular complexity index is 592. The van der Waals surface area contributed by atoms with E-state index in [2.05, 4.69) is 29.6 Å². The van der Waals surface area contributed by atoms with Crippen LogP contribution in [0.2, 0.25) is 0 Å². The standard InChI is InChI=1S/C16H24N4O3/c1-9-14(10(2)20(3)19-9)11-5-4-6-12(7-11)15(21)18-8-13(17)16(22)23/h4-7,9-10,13-14,19H,8,17H2,1-3H3,(H,18,21)(H,22,23)/t9?,10?,13-,14?/m1/s1. The highest BCUT2D eigenvalue weighted by Gasteiger charge is 2.35. The largest absolute Gasteiger partial charge is 0.480 e. The molecule has 0 aliphatic carbocycles. The van der Waals surface area contributed by atoms with Gasteiger partial charge < -0.3 is 16.2 Å². The van der Waals surface area contributed by atoms with Crippen molar-refractivity contribution in [1.29, 1.82) is 0 Å². The maximum absolute atomic E-state index is 12.2. The van der Waals surface area contributed by atoms with E-state index in [0.717, 1.165) is 5.56 Å². The molecule has 0 saturated carbocycles. The van der Waals surface area contributed by atoms with Crippen LogP contribution in [0.4, 0.5) is 0 Å². The number of carbonyl (C=O) groups excluding carboxylic acids is 1. The number of hydrogen-bond donors (Lipinski definition) is 4. The van der Waals surface area contributed by atoms with E-state index in [0.29, 0.717) is 11.6 Å². The van der Waals surface area contributed by atoms with Crippen LogP contribution < -0.4 is 16.5 Å². The van der Waals surface area contributed by atoms with E-state index in [1.807, 2.05) is 25.2 Å². The predicted molar refractivity (Wildman–Crippen MR) is 87.0 cm³/mol. The van der Waals surface area contributed by atoms with Crippen molar-refractivity contribution in [3.63, 3.8) is 0 Å². The first kappa shape index (κ1) is 17.4. The zero-order valence-corrected chi connectivity index (χ0v) is 13.6. The first-order chi connectivity index (χ1) is 10.8. The lowest BCUT2D eigenvalue weighted by Gasteiger charge is -2.21. The molecule has 4 atom stereocenters. The summed E-state index contributed by atoms with van der Waals surface area (Å²) in [5, 5.41) is 13.4. The van der Waals surface area contributed by atoms with Crippen molar-refractivity contribution in [2.24, 2.45) is 5.73 Å². The summed E-state index contributed by atoms with van der Waals surface area (Å²) in [7, 11) is 2.00. The number of nitrogens with one attached hydrogen (secondary N) is 2. The molecule has 2 rings (SSSR count). The van der Waals surface area contributed by atoms with Crippen LogP contribution >= 0.6 is 0 Å². The Morgan fingerprint density at radius 2 is 2.13 bits per heavy atom. The second-order valence-electron chi connectivity index (χ2n) is 6.08. The van der Waals surface area contributed by atoms with E-state index < -0.39 is 12.0 Å². The van der Waals surface area contributed by atoms with Crippen LogP contribution in [0, 0.1) is 0 Å². The maximum Gasteiger partial charge on any atom is 0.322 e. The van der Waals surface area contributed by atoms with Crippen LogP contribution in [0.5, 0.6) is 0 Å². The van der Waals surface area contributed by atoms with Crippen molar-refractivity contribution in [3.05, 3.63) is 35.4 Å². The first-order valence-corrected chi connectivity index (χ1v) is 7.66. The number of aliphatic carboxylic acids is 1. The Labute approximate surface area is 135 Å². The van der Waals surface area contributed by atoms with Gasteiger partial charge >= 0.3 is 5.97 Å². The summed E-state index contributed by atoms with van der Waals surface area (Å²) in [6.45, 7) is 4.15. The molecular formula is C16H24N4O3. The highest BCUT2D eigenvalue weighted by Crippen LogP contribution is 2.31. The Hall–Kier alpha value is -1.96. The summed E-state index contributed by atoms with van der Waals surface area (Å²) in [6, 6.07) is 6.91. The highest BCUT2D eigenvalue weighted by molar-refractivity contribution is 5.94. The van der Waals surface area contributed by atoms with E-state index in [-0.39, 0.29) is 24.4 Å². The minimum atomic E-state index is -1.14. The van der Waals surface area contributed by atoms with Crippen molar-refractivity contribution < 1.29 is 14.7 Å². The average molecular weight is 320 g/mol. The van der Waals surface area contributed by atoms with Crippen molar-refractivity contribution in [3.8, 4) is 0 Å². The lowest BCUT2D eigenvalue weighted by atomic mass is 9.87. The van der Waals surface area contributed by atoms with Gasteiger partial charge in [0.15, 0.2) is 0 Å². The minimum absolute atomic E-state index is 0.0983. The molecule has 1 saturated heterocycles. The topological polar surface area (TPSA) is 108 Å². The van der Waals surface area contributed by atoms with Crippen LogP contribution in [0.15, 0.2) is 24.3 Å². The third kappa shape index (κ3) is 3.87. The fourth-order valence-corrected chi connectivity index (χ4v) is 3.02. The molecular weight excluding hydrogens is 296 g/mol. The molecule has 126 valence electrons. The number of benzene rings is 1. The maximum atomic E-state index is 12.2. The summed E-state index contributed by atoms with van der Waals surface area (Å²) in [4.78, 5) is 22.9. The first-order valence-electron chi connectivity index (χ1n) is 7.66. The number of nitrogens with two attached hydrogens (primary N) is 1. The molecule has 23 heavy (non-hydrogen) atoms. The van der Waals surface area contributed by atoms with E-state index >= 15 is 0 Å². The fourth-order valence-electron chi connectivity index (χ4n) is 3.02. The number of carboxylic acid groups (broad SMARTS) is 1. The smallest absolute Gasteiger partial charge is 0.322 e. The van der Waals surface area contributed by atoms with Gasteiger partial charge in [-0.15, -0.1) is 0 Å². The third-order valence-corrected chi connectivity index (χ3v) is 4.41. The molecule has 1 aromatic rings. The van der Waals surface area contributed by atoms with Crippen LogP contribution in [0.25, 0.3) is 0 Å². The van der Waals surface area contributed by atoms with Gasteiger partial charge in [0.05, 0.1) is 0 Å². The van der Waals surface area contributed by atoms with Gasteiger partial charge in [0.2, 0.25) is 0 Å². The Morgan fingerprint density at radius 1 is 1.43 bits per heavy atom. The highest BCUT2D eigenvalue weighted by atomic mass is 16.4. The number of nitrogens with zero attached hydrogens (tertiary/aromatic N) is 1. The SMILES string of the molecule is CC1NN(C)C(C)C1c1cccc(C(=O)NC[C@@H](N)C(=O)O)c1. The molecule has 5 N–H and O–H groups in total. The molecule has 0 bridgehead atoms. The number of amides is 1. The summed E-state index contributed by atoms with van der Waals surface area (Å²) >= 11 is 0. The number of hydrogen-bond acceptors (Lipinski definition) is 5. The molecule has 0 radical (unpaired) electrons. The van der Waals surface area contributed by atoms with E-state index in [4.69, 9.17) is 10.8 Å². The molecule has 7 heteroatoms. The van der Waals surface area contributed by atoms with Gasteiger partial charge in [-0.1, -0.05) is 12.1 Å². The van der Waals surface area contributed by atoms with Crippen molar-refractivity contribution >= 4 is 11.9 Å². The second-order valence-corrected chi connectivity index (χ2v) is 6.08. The van der Waals surface area contributed by atoms with Crippen LogP contribution in [0.1, 0.15) is 35.7 Å². The predicted octanol–water partition coefficient (Wildman–Crippen LogP) is 0.139. The number of rotatable bonds is 5. The monoisotopic (exact) mass is 320 g/mol. The van der Waals surface area contributed by atoms with Crippen molar-refractivity contribution in [2.45, 2.75) is 37.9 Å². The van der Waals surface area contributed by atoms with Gasteiger partial charge in [0, 0.05) is 37.2 Å². The van der Waals surface area contributed by atoms with E-state index in [1.54, 1.807) is 6.07 Å². The summed E-state index contributed by atoms with van der Waals surface area (Å²) in [6.07, 6.45) is 0. The molecule has 1 amide bonds. The van der Waals surface area contributed by atoms with Gasteiger partial charge in [-0.3, -0.25) is 15.0 Å².